The van der Waals surface area contributed by atoms with Gasteiger partial charge in [-0.3, -0.25) is 0 Å². The van der Waals surface area contributed by atoms with E-state index in [0.717, 1.165) is 19.3 Å². The third-order valence-electron chi connectivity index (χ3n) is 5.57. The number of fused-ring (bicyclic) bond motifs is 2. The molecule has 0 unspecified atom stereocenters. The molecule has 2 aliphatic carbocycles. The van der Waals surface area contributed by atoms with Crippen LogP contribution in [0.25, 0.3) is 0 Å². The van der Waals surface area contributed by atoms with Crippen molar-refractivity contribution in [3.63, 3.8) is 0 Å². The molecule has 2 bridgehead atoms. The molecule has 0 amide bonds. The van der Waals surface area contributed by atoms with Crippen LogP contribution in [0.2, 0.25) is 0 Å². The summed E-state index contributed by atoms with van der Waals surface area (Å²) in [5.41, 5.74) is 0.259. The zero-order chi connectivity index (χ0) is 16.1. The minimum atomic E-state index is -1.35. The third kappa shape index (κ3) is 2.31. The second kappa shape index (κ2) is 4.83. The molecule has 22 heavy (non-hydrogen) atoms. The molecule has 2 saturated carbocycles. The molecule has 0 N–H and O–H groups in total. The molecule has 0 aromatic heterocycles. The van der Waals surface area contributed by atoms with Gasteiger partial charge in [0, 0.05) is 11.0 Å². The maximum Gasteiger partial charge on any atom is 0.339 e. The van der Waals surface area contributed by atoms with E-state index in [1.807, 2.05) is 0 Å². The summed E-state index contributed by atoms with van der Waals surface area (Å²) >= 11 is 0. The van der Waals surface area contributed by atoms with Gasteiger partial charge in [0.25, 0.3) is 0 Å². The Hall–Kier alpha value is -1.84. The Morgan fingerprint density at radius 3 is 2.32 bits per heavy atom. The predicted molar refractivity (Wildman–Crippen MR) is 79.2 cm³/mol. The van der Waals surface area contributed by atoms with E-state index in [2.05, 4.69) is 20.8 Å². The van der Waals surface area contributed by atoms with E-state index < -0.39 is 11.9 Å². The van der Waals surface area contributed by atoms with Crippen LogP contribution in [-0.4, -0.2) is 18.0 Å². The van der Waals surface area contributed by atoms with Crippen molar-refractivity contribution in [2.24, 2.45) is 16.7 Å². The van der Waals surface area contributed by atoms with Crippen LogP contribution in [-0.2, 0) is 4.74 Å². The van der Waals surface area contributed by atoms with E-state index in [0.29, 0.717) is 11.3 Å². The number of hydrogen-bond donors (Lipinski definition) is 0. The first-order valence-corrected chi connectivity index (χ1v) is 7.74. The summed E-state index contributed by atoms with van der Waals surface area (Å²) in [5.74, 6) is -1.35. The number of hydrogen-bond acceptors (Lipinski definition) is 4. The summed E-state index contributed by atoms with van der Waals surface area (Å²) in [4.78, 5) is 23.5. The number of carbonyl (C=O) groups excluding carboxylic acids is 2. The molecule has 1 aromatic rings. The quantitative estimate of drug-likeness (QED) is 0.804. The topological polar surface area (TPSA) is 66.4 Å². The van der Waals surface area contributed by atoms with Gasteiger partial charge in [-0.2, -0.15) is 0 Å². The van der Waals surface area contributed by atoms with Gasteiger partial charge >= 0.3 is 5.97 Å². The van der Waals surface area contributed by atoms with Crippen molar-refractivity contribution in [3.05, 3.63) is 35.4 Å². The van der Waals surface area contributed by atoms with Crippen molar-refractivity contribution in [1.29, 1.82) is 0 Å². The second-order valence-corrected chi connectivity index (χ2v) is 7.68. The van der Waals surface area contributed by atoms with E-state index in [4.69, 9.17) is 4.74 Å². The summed E-state index contributed by atoms with van der Waals surface area (Å²) < 4.78 is 5.69. The molecule has 4 heteroatoms. The summed E-state index contributed by atoms with van der Waals surface area (Å²) in [6.45, 7) is 6.71. The fourth-order valence-electron chi connectivity index (χ4n) is 4.51. The Balaban J connectivity index is 1.79. The molecule has 1 aromatic carbocycles. The highest BCUT2D eigenvalue weighted by Gasteiger charge is 2.58. The summed E-state index contributed by atoms with van der Waals surface area (Å²) in [6.07, 6.45) is 2.83. The highest BCUT2D eigenvalue weighted by molar-refractivity contribution is 6.01. The first-order valence-electron chi connectivity index (χ1n) is 7.74. The van der Waals surface area contributed by atoms with Crippen molar-refractivity contribution in [3.8, 4) is 0 Å². The van der Waals surface area contributed by atoms with Crippen molar-refractivity contribution >= 4 is 11.9 Å². The first-order chi connectivity index (χ1) is 10.2. The Morgan fingerprint density at radius 2 is 1.82 bits per heavy atom. The number of ether oxygens (including phenoxy) is 1. The zero-order valence-corrected chi connectivity index (χ0v) is 13.2. The van der Waals surface area contributed by atoms with Gasteiger partial charge in [-0.05, 0) is 36.7 Å². The summed E-state index contributed by atoms with van der Waals surface area (Å²) in [6, 6.07) is 6.06. The lowest BCUT2D eigenvalue weighted by molar-refractivity contribution is -0.255. The molecular weight excluding hydrogens is 280 g/mol. The molecule has 4 nitrogen and oxygen atoms in total. The number of carboxylic acid groups (broad SMARTS) is 1. The SMILES string of the molecule is CC1(C)C[C@@]2(C)C[C@@H]1C[C@@H]2OC(=O)c1ccccc1C(=O)[O-]. The fraction of sp³-hybridized carbons (Fsp3) is 0.556. The maximum absolute atomic E-state index is 12.4. The van der Waals surface area contributed by atoms with Crippen molar-refractivity contribution in [2.75, 3.05) is 0 Å². The third-order valence-corrected chi connectivity index (χ3v) is 5.57. The van der Waals surface area contributed by atoms with Gasteiger partial charge < -0.3 is 14.6 Å². The molecule has 0 radical (unpaired) electrons. The van der Waals surface area contributed by atoms with Gasteiger partial charge in [0.05, 0.1) is 11.5 Å². The Morgan fingerprint density at radius 1 is 1.18 bits per heavy atom. The van der Waals surface area contributed by atoms with E-state index in [-0.39, 0.29) is 22.6 Å². The molecule has 0 heterocycles. The van der Waals surface area contributed by atoms with Crippen molar-refractivity contribution < 1.29 is 19.4 Å². The number of carboxylic acids is 1. The molecule has 2 fully saturated rings. The van der Waals surface area contributed by atoms with Crippen LogP contribution < -0.4 is 5.11 Å². The number of esters is 1. The predicted octanol–water partition coefficient (Wildman–Crippen LogP) is 2.42. The van der Waals surface area contributed by atoms with E-state index in [9.17, 15) is 14.7 Å². The lowest BCUT2D eigenvalue weighted by Crippen LogP contribution is -2.37. The largest absolute Gasteiger partial charge is 0.545 e. The molecule has 0 spiro atoms. The van der Waals surface area contributed by atoms with Crippen LogP contribution in [0.1, 0.15) is 60.7 Å². The number of aromatic carboxylic acids is 1. The van der Waals surface area contributed by atoms with Gasteiger partial charge in [-0.1, -0.05) is 39.0 Å². The van der Waals surface area contributed by atoms with E-state index in [1.54, 1.807) is 12.1 Å². The normalized spacial score (nSPS) is 32.0. The molecule has 0 aliphatic heterocycles. The van der Waals surface area contributed by atoms with Crippen molar-refractivity contribution in [1.82, 2.24) is 0 Å². The van der Waals surface area contributed by atoms with Crippen LogP contribution in [0.3, 0.4) is 0 Å². The first kappa shape index (κ1) is 15.1. The van der Waals surface area contributed by atoms with Gasteiger partial charge in [0.2, 0.25) is 0 Å². The molecular formula is C18H21O4-. The fourth-order valence-corrected chi connectivity index (χ4v) is 4.51. The second-order valence-electron chi connectivity index (χ2n) is 7.68. The molecule has 0 saturated heterocycles. The van der Waals surface area contributed by atoms with E-state index >= 15 is 0 Å². The molecule has 2 aliphatic rings. The van der Waals surface area contributed by atoms with Crippen molar-refractivity contribution in [2.45, 2.75) is 46.1 Å². The average Bonchev–Trinajstić information content (AvgIpc) is 2.86. The number of carbonyl (C=O) groups is 2. The highest BCUT2D eigenvalue weighted by Crippen LogP contribution is 2.63. The van der Waals surface area contributed by atoms with Gasteiger partial charge in [-0.15, -0.1) is 0 Å². The monoisotopic (exact) mass is 301 g/mol. The number of rotatable bonds is 3. The zero-order valence-electron chi connectivity index (χ0n) is 13.2. The van der Waals surface area contributed by atoms with E-state index in [1.165, 1.54) is 12.1 Å². The minimum Gasteiger partial charge on any atom is -0.545 e. The van der Waals surface area contributed by atoms with Crippen LogP contribution >= 0.6 is 0 Å². The number of benzene rings is 1. The molecule has 3 rings (SSSR count). The molecule has 3 atom stereocenters. The van der Waals surface area contributed by atoms with Crippen LogP contribution in [0.5, 0.6) is 0 Å². The van der Waals surface area contributed by atoms with Crippen LogP contribution in [0, 0.1) is 16.7 Å². The molecule has 118 valence electrons. The Bertz CT molecular complexity index is 634. The lowest BCUT2D eigenvalue weighted by atomic mass is 9.71. The standard InChI is InChI=1S/C18H22O4/c1-17(2)10-18(3)9-11(17)8-14(18)22-16(21)13-7-5-4-6-12(13)15(19)20/h4-7,11,14H,8-10H2,1-3H3,(H,19,20)/p-1/t11-,14-,18+/m0/s1. The Labute approximate surface area is 130 Å². The van der Waals surface area contributed by atoms with Gasteiger partial charge in [0.15, 0.2) is 0 Å². The van der Waals surface area contributed by atoms with Gasteiger partial charge in [-0.25, -0.2) is 4.79 Å². The van der Waals surface area contributed by atoms with Gasteiger partial charge in [0.1, 0.15) is 6.10 Å². The Kier molecular flexibility index (Phi) is 3.31. The maximum atomic E-state index is 12.4. The average molecular weight is 301 g/mol. The lowest BCUT2D eigenvalue weighted by Gasteiger charge is -2.38. The smallest absolute Gasteiger partial charge is 0.339 e. The highest BCUT2D eigenvalue weighted by atomic mass is 16.5. The summed E-state index contributed by atoms with van der Waals surface area (Å²) in [5, 5.41) is 11.1. The van der Waals surface area contributed by atoms with Crippen LogP contribution in [0.4, 0.5) is 0 Å². The van der Waals surface area contributed by atoms with Crippen LogP contribution in [0.15, 0.2) is 24.3 Å². The minimum absolute atomic E-state index is 0.000242. The summed E-state index contributed by atoms with van der Waals surface area (Å²) in [7, 11) is 0.